The Hall–Kier alpha value is -1.46. The molecular weight excluding hydrogens is 474 g/mol. The molecule has 0 aromatic heterocycles. The average molecular weight is 503 g/mol. The van der Waals surface area contributed by atoms with Crippen LogP contribution in [0, 0.1) is 11.8 Å². The Bertz CT molecular complexity index is 891. The molecule has 1 aromatic carbocycles. The van der Waals surface area contributed by atoms with Crippen molar-refractivity contribution in [3.63, 3.8) is 0 Å². The van der Waals surface area contributed by atoms with Gasteiger partial charge in [-0.25, -0.2) is 13.2 Å². The smallest absolute Gasteiger partial charge is 0.430 e. The molecule has 0 aliphatic rings. The molecule has 0 fully saturated rings. The number of alkyl halides is 3. The topological polar surface area (TPSA) is 108 Å². The number of hydrogen-bond donors (Lipinski definition) is 1. The van der Waals surface area contributed by atoms with Gasteiger partial charge in [0.25, 0.3) is 0 Å². The lowest BCUT2D eigenvalue weighted by Gasteiger charge is -2.38. The van der Waals surface area contributed by atoms with Gasteiger partial charge in [0.2, 0.25) is 10.0 Å². The maximum atomic E-state index is 14.6. The quantitative estimate of drug-likeness (QED) is 0.334. The molecule has 1 N–H and O–H groups in total. The molecule has 8 nitrogen and oxygen atoms in total. The molecule has 13 heteroatoms. The second kappa shape index (κ2) is 11.1. The van der Waals surface area contributed by atoms with Crippen LogP contribution in [0.25, 0.3) is 0 Å². The maximum absolute atomic E-state index is 14.6. The van der Waals surface area contributed by atoms with Crippen molar-refractivity contribution < 1.29 is 44.7 Å². The van der Waals surface area contributed by atoms with Crippen molar-refractivity contribution in [3.8, 4) is 0 Å². The van der Waals surface area contributed by atoms with E-state index < -0.39 is 71.6 Å². The van der Waals surface area contributed by atoms with Gasteiger partial charge in [-0.1, -0.05) is 45.9 Å². The van der Waals surface area contributed by atoms with Crippen LogP contribution in [0.5, 0.6) is 0 Å². The molecule has 1 aromatic rings. The summed E-state index contributed by atoms with van der Waals surface area (Å²) in [6.07, 6.45) is -5.75. The Morgan fingerprint density at radius 3 is 1.88 bits per heavy atom. The van der Waals surface area contributed by atoms with Crippen molar-refractivity contribution >= 4 is 23.6 Å². The van der Waals surface area contributed by atoms with Crippen LogP contribution in [-0.2, 0) is 33.2 Å². The van der Waals surface area contributed by atoms with Crippen LogP contribution in [0.2, 0.25) is 0 Å². The highest BCUT2D eigenvalue weighted by atomic mass is 32.2. The Morgan fingerprint density at radius 2 is 1.50 bits per heavy atom. The van der Waals surface area contributed by atoms with Crippen LogP contribution in [-0.4, -0.2) is 45.7 Å². The molecule has 32 heavy (non-hydrogen) atoms. The lowest BCUT2D eigenvalue weighted by molar-refractivity contribution is -0.195. The lowest BCUT2D eigenvalue weighted by atomic mass is 10.2. The summed E-state index contributed by atoms with van der Waals surface area (Å²) >= 11 is 0. The highest BCUT2D eigenvalue weighted by molar-refractivity contribution is 7.90. The monoisotopic (exact) mass is 503 g/mol. The van der Waals surface area contributed by atoms with Crippen molar-refractivity contribution in [1.82, 2.24) is 4.72 Å². The van der Waals surface area contributed by atoms with E-state index in [2.05, 4.69) is 4.74 Å². The van der Waals surface area contributed by atoms with Crippen LogP contribution < -0.4 is 4.72 Å². The van der Waals surface area contributed by atoms with Gasteiger partial charge in [0, 0.05) is 0 Å². The van der Waals surface area contributed by atoms with Gasteiger partial charge in [-0.15, -0.1) is 0 Å². The summed E-state index contributed by atoms with van der Waals surface area (Å²) in [6, 6.07) is 6.04. The summed E-state index contributed by atoms with van der Waals surface area (Å²) < 4.78 is 99.2. The van der Waals surface area contributed by atoms with Crippen LogP contribution in [0.15, 0.2) is 35.2 Å². The van der Waals surface area contributed by atoms with Crippen molar-refractivity contribution in [2.75, 3.05) is 19.8 Å². The van der Waals surface area contributed by atoms with E-state index in [0.29, 0.717) is 0 Å². The molecule has 0 saturated carbocycles. The van der Waals surface area contributed by atoms with Gasteiger partial charge in [0.15, 0.2) is 0 Å². The Balaban J connectivity index is 3.83. The zero-order valence-corrected chi connectivity index (χ0v) is 20.2. The highest BCUT2D eigenvalue weighted by Crippen LogP contribution is 2.65. The second-order valence-electron chi connectivity index (χ2n) is 7.72. The van der Waals surface area contributed by atoms with Crippen LogP contribution >= 0.6 is 7.60 Å². The normalized spacial score (nSPS) is 15.1. The zero-order valence-electron chi connectivity index (χ0n) is 18.5. The summed E-state index contributed by atoms with van der Waals surface area (Å²) in [7, 11) is -10.6. The Morgan fingerprint density at radius 1 is 1.03 bits per heavy atom. The molecule has 184 valence electrons. The first-order valence-corrected chi connectivity index (χ1v) is 12.9. The van der Waals surface area contributed by atoms with E-state index >= 15 is 0 Å². The molecule has 0 amide bonds. The van der Waals surface area contributed by atoms with Crippen LogP contribution in [0.4, 0.5) is 13.2 Å². The average Bonchev–Trinajstić information content (AvgIpc) is 2.68. The Kier molecular flexibility index (Phi) is 9.92. The van der Waals surface area contributed by atoms with E-state index in [-0.39, 0.29) is 0 Å². The third-order valence-corrected chi connectivity index (χ3v) is 7.85. The molecule has 0 unspecified atom stereocenters. The number of carbonyl (C=O) groups is 1. The number of sulfonamides is 1. The minimum Gasteiger partial charge on any atom is -0.464 e. The second-order valence-corrected chi connectivity index (χ2v) is 11.6. The number of esters is 1. The molecule has 0 aliphatic heterocycles. The maximum Gasteiger partial charge on any atom is 0.430 e. The van der Waals surface area contributed by atoms with E-state index in [1.165, 1.54) is 29.8 Å². The molecule has 0 saturated heterocycles. The molecule has 0 radical (unpaired) electrons. The summed E-state index contributed by atoms with van der Waals surface area (Å²) in [5.74, 6) is -2.96. The van der Waals surface area contributed by atoms with Crippen molar-refractivity contribution in [3.05, 3.63) is 30.3 Å². The molecular formula is C19H29F3NO7PS. The van der Waals surface area contributed by atoms with Crippen LogP contribution in [0.1, 0.15) is 34.6 Å². The largest absolute Gasteiger partial charge is 0.464 e. The van der Waals surface area contributed by atoms with Gasteiger partial charge in [0.05, 0.1) is 24.7 Å². The van der Waals surface area contributed by atoms with E-state index in [9.17, 15) is 30.9 Å². The SMILES string of the molecule is CCOC(=O)[C@](NS(=O)(=O)c1ccccc1)(C(F)(F)F)P(=O)(OCC(C)C)OCC(C)C. The molecule has 0 spiro atoms. The first-order chi connectivity index (χ1) is 14.6. The number of ether oxygens (including phenoxy) is 1. The van der Waals surface area contributed by atoms with Gasteiger partial charge in [-0.05, 0) is 30.9 Å². The predicted octanol–water partition coefficient (Wildman–Crippen LogP) is 4.32. The fourth-order valence-corrected chi connectivity index (χ4v) is 6.43. The fraction of sp³-hybridized carbons (Fsp3) is 0.632. The molecule has 0 bridgehead atoms. The van der Waals surface area contributed by atoms with E-state index in [0.717, 1.165) is 12.1 Å². The molecule has 1 rings (SSSR count). The van der Waals surface area contributed by atoms with Crippen molar-refractivity contribution in [1.29, 1.82) is 0 Å². The van der Waals surface area contributed by atoms with E-state index in [1.807, 2.05) is 0 Å². The first-order valence-electron chi connectivity index (χ1n) is 9.85. The number of benzene rings is 1. The standard InChI is InChI=1S/C19H29F3NO7PS/c1-6-28-17(24)18(19(20,21)22,23-32(26,27)16-10-8-7-9-11-16)31(25,29-12-14(2)3)30-13-15(4)5/h7-11,14-15,23H,6,12-13H2,1-5H3/t18-/m1/s1. The first kappa shape index (κ1) is 28.6. The molecule has 0 aliphatic carbocycles. The molecule has 1 atom stereocenters. The number of rotatable bonds is 12. The number of carbonyl (C=O) groups excluding carboxylic acids is 1. The van der Waals surface area contributed by atoms with Gasteiger partial charge in [0.1, 0.15) is 0 Å². The minimum absolute atomic E-state index is 0.412. The molecule has 0 heterocycles. The van der Waals surface area contributed by atoms with Gasteiger partial charge >= 0.3 is 25.0 Å². The van der Waals surface area contributed by atoms with Crippen molar-refractivity contribution in [2.45, 2.75) is 51.0 Å². The summed E-state index contributed by atoms with van der Waals surface area (Å²) in [4.78, 5) is 12.2. The lowest BCUT2D eigenvalue weighted by Crippen LogP contribution is -2.64. The van der Waals surface area contributed by atoms with Gasteiger partial charge in [-0.3, -0.25) is 4.57 Å². The number of halogens is 3. The Labute approximate surface area is 186 Å². The number of nitrogens with one attached hydrogen (secondary N) is 1. The van der Waals surface area contributed by atoms with Gasteiger partial charge in [-0.2, -0.15) is 17.9 Å². The fourth-order valence-electron chi connectivity index (χ4n) is 2.35. The minimum atomic E-state index is -5.75. The highest BCUT2D eigenvalue weighted by Gasteiger charge is 2.76. The van der Waals surface area contributed by atoms with E-state index in [4.69, 9.17) is 9.05 Å². The third kappa shape index (κ3) is 6.54. The predicted molar refractivity (Wildman–Crippen MR) is 111 cm³/mol. The summed E-state index contributed by atoms with van der Waals surface area (Å²) in [5.41, 5.74) is 0. The summed E-state index contributed by atoms with van der Waals surface area (Å²) in [6.45, 7) is 5.96. The van der Waals surface area contributed by atoms with Crippen molar-refractivity contribution in [2.24, 2.45) is 11.8 Å². The summed E-state index contributed by atoms with van der Waals surface area (Å²) in [5, 5.41) is -4.32. The van der Waals surface area contributed by atoms with Crippen LogP contribution in [0.3, 0.4) is 0 Å². The van der Waals surface area contributed by atoms with Gasteiger partial charge < -0.3 is 13.8 Å². The number of hydrogen-bond acceptors (Lipinski definition) is 7. The third-order valence-electron chi connectivity index (χ3n) is 3.88. The van der Waals surface area contributed by atoms with E-state index in [1.54, 1.807) is 27.7 Å². The zero-order chi connectivity index (χ0) is 24.8.